The zero-order valence-corrected chi connectivity index (χ0v) is 8.70. The Bertz CT molecular complexity index is 197. The molecule has 0 bridgehead atoms. The Morgan fingerprint density at radius 2 is 2.21 bits per heavy atom. The summed E-state index contributed by atoms with van der Waals surface area (Å²) < 4.78 is 0. The van der Waals surface area contributed by atoms with Crippen molar-refractivity contribution >= 4 is 5.91 Å². The molecule has 1 saturated carbocycles. The van der Waals surface area contributed by atoms with Gasteiger partial charge in [0.05, 0.1) is 6.04 Å². The zero-order chi connectivity index (χ0) is 10.6. The zero-order valence-electron chi connectivity index (χ0n) is 8.70. The third-order valence-electron chi connectivity index (χ3n) is 3.16. The van der Waals surface area contributed by atoms with E-state index in [0.717, 1.165) is 19.4 Å². The van der Waals surface area contributed by atoms with Gasteiger partial charge in [-0.25, -0.2) is 0 Å². The number of aliphatic hydroxyl groups excluding tert-OH is 1. The van der Waals surface area contributed by atoms with Crippen LogP contribution < -0.4 is 11.1 Å². The van der Waals surface area contributed by atoms with Gasteiger partial charge < -0.3 is 16.2 Å². The van der Waals surface area contributed by atoms with Crippen LogP contribution in [0.15, 0.2) is 0 Å². The van der Waals surface area contributed by atoms with Gasteiger partial charge in [-0.15, -0.1) is 0 Å². The van der Waals surface area contributed by atoms with Crippen LogP contribution in [0.1, 0.15) is 26.2 Å². The second-order valence-corrected chi connectivity index (χ2v) is 4.17. The molecule has 1 aliphatic carbocycles. The lowest BCUT2D eigenvalue weighted by Crippen LogP contribution is -2.41. The lowest BCUT2D eigenvalue weighted by Gasteiger charge is -2.19. The topological polar surface area (TPSA) is 75.3 Å². The van der Waals surface area contributed by atoms with E-state index in [4.69, 9.17) is 10.8 Å². The van der Waals surface area contributed by atoms with Gasteiger partial charge in [0.1, 0.15) is 0 Å². The third kappa shape index (κ3) is 2.96. The maximum Gasteiger partial charge on any atom is 0.234 e. The SMILES string of the molecule is CC(NCC1CCCC1CO)C(N)=O. The van der Waals surface area contributed by atoms with Gasteiger partial charge in [-0.2, -0.15) is 0 Å². The van der Waals surface area contributed by atoms with Gasteiger partial charge in [-0.05, 0) is 38.1 Å². The molecule has 0 spiro atoms. The lowest BCUT2D eigenvalue weighted by atomic mass is 9.97. The fourth-order valence-electron chi connectivity index (χ4n) is 2.05. The van der Waals surface area contributed by atoms with Crippen LogP contribution in [0.25, 0.3) is 0 Å². The van der Waals surface area contributed by atoms with Gasteiger partial charge in [0.25, 0.3) is 0 Å². The van der Waals surface area contributed by atoms with Gasteiger partial charge in [0.15, 0.2) is 0 Å². The number of hydrogen-bond acceptors (Lipinski definition) is 3. The predicted octanol–water partition coefficient (Wildman–Crippen LogP) is -0.142. The van der Waals surface area contributed by atoms with Crippen molar-refractivity contribution in [1.29, 1.82) is 0 Å². The van der Waals surface area contributed by atoms with Crippen molar-refractivity contribution < 1.29 is 9.90 Å². The molecule has 4 heteroatoms. The van der Waals surface area contributed by atoms with E-state index >= 15 is 0 Å². The second-order valence-electron chi connectivity index (χ2n) is 4.17. The monoisotopic (exact) mass is 200 g/mol. The maximum absolute atomic E-state index is 10.8. The number of carbonyl (C=O) groups excluding carboxylic acids is 1. The van der Waals surface area contributed by atoms with Crippen molar-refractivity contribution in [3.05, 3.63) is 0 Å². The fraction of sp³-hybridized carbons (Fsp3) is 0.900. The van der Waals surface area contributed by atoms with Crippen LogP contribution in [-0.4, -0.2) is 30.2 Å². The van der Waals surface area contributed by atoms with E-state index in [-0.39, 0.29) is 18.6 Å². The molecule has 3 unspecified atom stereocenters. The molecule has 82 valence electrons. The number of rotatable bonds is 5. The highest BCUT2D eigenvalue weighted by Gasteiger charge is 2.26. The number of hydrogen-bond donors (Lipinski definition) is 3. The van der Waals surface area contributed by atoms with Gasteiger partial charge in [-0.3, -0.25) is 4.79 Å². The van der Waals surface area contributed by atoms with Crippen LogP contribution in [0.3, 0.4) is 0 Å². The summed E-state index contributed by atoms with van der Waals surface area (Å²) in [4.78, 5) is 10.8. The minimum atomic E-state index is -0.316. The molecule has 1 fully saturated rings. The Morgan fingerprint density at radius 3 is 2.79 bits per heavy atom. The lowest BCUT2D eigenvalue weighted by molar-refractivity contribution is -0.119. The van der Waals surface area contributed by atoms with Crippen LogP contribution in [0.2, 0.25) is 0 Å². The van der Waals surface area contributed by atoms with Crippen LogP contribution in [-0.2, 0) is 4.79 Å². The van der Waals surface area contributed by atoms with E-state index in [1.807, 2.05) is 0 Å². The molecule has 1 aliphatic rings. The largest absolute Gasteiger partial charge is 0.396 e. The summed E-state index contributed by atoms with van der Waals surface area (Å²) in [6.45, 7) is 2.82. The van der Waals surface area contributed by atoms with Crippen LogP contribution in [0.5, 0.6) is 0 Å². The minimum Gasteiger partial charge on any atom is -0.396 e. The van der Waals surface area contributed by atoms with Crippen LogP contribution >= 0.6 is 0 Å². The molecule has 0 aliphatic heterocycles. The molecule has 3 atom stereocenters. The summed E-state index contributed by atoms with van der Waals surface area (Å²) in [6.07, 6.45) is 3.43. The molecule has 1 rings (SSSR count). The van der Waals surface area contributed by atoms with E-state index in [2.05, 4.69) is 5.32 Å². The quantitative estimate of drug-likeness (QED) is 0.578. The van der Waals surface area contributed by atoms with Crippen molar-refractivity contribution in [2.75, 3.05) is 13.2 Å². The molecule has 0 aromatic heterocycles. The predicted molar refractivity (Wildman–Crippen MR) is 54.6 cm³/mol. The van der Waals surface area contributed by atoms with Crippen molar-refractivity contribution in [2.45, 2.75) is 32.2 Å². The van der Waals surface area contributed by atoms with Crippen LogP contribution in [0, 0.1) is 11.8 Å². The number of aliphatic hydroxyl groups is 1. The highest BCUT2D eigenvalue weighted by molar-refractivity contribution is 5.79. The highest BCUT2D eigenvalue weighted by Crippen LogP contribution is 2.30. The first-order chi connectivity index (χ1) is 6.65. The summed E-state index contributed by atoms with van der Waals surface area (Å²) in [5, 5.41) is 12.2. The number of carbonyl (C=O) groups is 1. The summed E-state index contributed by atoms with van der Waals surface area (Å²) in [5.41, 5.74) is 5.14. The number of nitrogens with one attached hydrogen (secondary N) is 1. The molecule has 14 heavy (non-hydrogen) atoms. The maximum atomic E-state index is 10.8. The average Bonchev–Trinajstić information content (AvgIpc) is 2.60. The first-order valence-electron chi connectivity index (χ1n) is 5.28. The molecule has 0 aromatic rings. The first-order valence-corrected chi connectivity index (χ1v) is 5.28. The Hall–Kier alpha value is -0.610. The summed E-state index contributed by atoms with van der Waals surface area (Å²) >= 11 is 0. The highest BCUT2D eigenvalue weighted by atomic mass is 16.3. The van der Waals surface area contributed by atoms with Crippen molar-refractivity contribution in [3.63, 3.8) is 0 Å². The Morgan fingerprint density at radius 1 is 1.57 bits per heavy atom. The molecule has 0 saturated heterocycles. The van der Waals surface area contributed by atoms with Gasteiger partial charge >= 0.3 is 0 Å². The summed E-state index contributed by atoms with van der Waals surface area (Å²) in [7, 11) is 0. The molecule has 0 radical (unpaired) electrons. The summed E-state index contributed by atoms with van der Waals surface area (Å²) in [6, 6.07) is -0.269. The average molecular weight is 200 g/mol. The number of primary amides is 1. The van der Waals surface area contributed by atoms with E-state index in [1.165, 1.54) is 6.42 Å². The smallest absolute Gasteiger partial charge is 0.234 e. The molecule has 1 amide bonds. The Labute approximate surface area is 84.9 Å². The fourth-order valence-corrected chi connectivity index (χ4v) is 2.05. The van der Waals surface area contributed by atoms with E-state index in [9.17, 15) is 4.79 Å². The van der Waals surface area contributed by atoms with E-state index in [0.29, 0.717) is 11.8 Å². The Balaban J connectivity index is 2.26. The number of nitrogens with two attached hydrogens (primary N) is 1. The van der Waals surface area contributed by atoms with Crippen molar-refractivity contribution in [3.8, 4) is 0 Å². The Kier molecular flexibility index (Phi) is 4.35. The molecular weight excluding hydrogens is 180 g/mol. The number of amides is 1. The molecule has 4 nitrogen and oxygen atoms in total. The third-order valence-corrected chi connectivity index (χ3v) is 3.16. The molecular formula is C10H20N2O2. The standard InChI is InChI=1S/C10H20N2O2/c1-7(10(11)14)12-5-8-3-2-4-9(8)6-13/h7-9,12-13H,2-6H2,1H3,(H2,11,14). The minimum absolute atomic E-state index is 0.261. The van der Waals surface area contributed by atoms with E-state index < -0.39 is 0 Å². The van der Waals surface area contributed by atoms with Crippen molar-refractivity contribution in [1.82, 2.24) is 5.32 Å². The van der Waals surface area contributed by atoms with E-state index in [1.54, 1.807) is 6.92 Å². The van der Waals surface area contributed by atoms with Crippen molar-refractivity contribution in [2.24, 2.45) is 17.6 Å². The summed E-state index contributed by atoms with van der Waals surface area (Å²) in [5.74, 6) is 0.591. The molecule has 0 aromatic carbocycles. The molecule has 0 heterocycles. The first kappa shape index (κ1) is 11.5. The second kappa shape index (κ2) is 5.32. The van der Waals surface area contributed by atoms with Gasteiger partial charge in [0.2, 0.25) is 5.91 Å². The molecule has 4 N–H and O–H groups in total. The normalized spacial score (nSPS) is 29.0. The van der Waals surface area contributed by atoms with Gasteiger partial charge in [0, 0.05) is 6.61 Å². The van der Waals surface area contributed by atoms with Gasteiger partial charge in [-0.1, -0.05) is 6.42 Å². The van der Waals surface area contributed by atoms with Crippen LogP contribution in [0.4, 0.5) is 0 Å².